The van der Waals surface area contributed by atoms with Crippen LogP contribution in [0, 0.1) is 10.8 Å². The first-order valence-corrected chi connectivity index (χ1v) is 7.17. The second-order valence-corrected chi connectivity index (χ2v) is 6.10. The van der Waals surface area contributed by atoms with Gasteiger partial charge < -0.3 is 15.7 Å². The molecule has 0 atom stereocenters. The molecule has 0 aromatic carbocycles. The summed E-state index contributed by atoms with van der Waals surface area (Å²) >= 11 is 0. The van der Waals surface area contributed by atoms with Crippen molar-refractivity contribution < 1.29 is 5.11 Å². The molecule has 0 saturated heterocycles. The molecule has 0 heterocycles. The van der Waals surface area contributed by atoms with E-state index in [1.807, 2.05) is 13.8 Å². The highest BCUT2D eigenvalue weighted by atomic mass is 16.3. The normalized spacial score (nSPS) is 16.9. The Morgan fingerprint density at radius 3 is 2.39 bits per heavy atom. The second kappa shape index (κ2) is 7.10. The highest BCUT2D eigenvalue weighted by Gasteiger charge is 2.26. The molecule has 0 amide bonds. The van der Waals surface area contributed by atoms with Gasteiger partial charge in [0, 0.05) is 24.6 Å². The van der Waals surface area contributed by atoms with Gasteiger partial charge in [-0.1, -0.05) is 20.3 Å². The van der Waals surface area contributed by atoms with Crippen molar-refractivity contribution in [1.29, 1.82) is 5.41 Å². The van der Waals surface area contributed by atoms with E-state index in [2.05, 4.69) is 4.90 Å². The van der Waals surface area contributed by atoms with Crippen molar-refractivity contribution in [3.8, 4) is 0 Å². The number of hydrogen-bond acceptors (Lipinski definition) is 3. The van der Waals surface area contributed by atoms with Gasteiger partial charge in [-0.3, -0.25) is 5.41 Å². The lowest BCUT2D eigenvalue weighted by molar-refractivity contribution is 0.112. The summed E-state index contributed by atoms with van der Waals surface area (Å²) in [5.41, 5.74) is 5.42. The standard InChI is InChI=1S/C14H29N3O/c1-14(2,13(15)16)8-4-9-17(10-5-11-18)12-6-3-7-12/h12,18H,3-11H2,1-2H3,(H3,15,16). The number of nitrogens with zero attached hydrogens (tertiary/aromatic N) is 1. The van der Waals surface area contributed by atoms with Gasteiger partial charge in [-0.15, -0.1) is 0 Å². The SMILES string of the molecule is CC(C)(CCCN(CCCO)C1CCC1)C(=N)N. The Balaban J connectivity index is 2.30. The third kappa shape index (κ3) is 4.58. The molecule has 1 rings (SSSR count). The second-order valence-electron chi connectivity index (χ2n) is 6.10. The smallest absolute Gasteiger partial charge is 0.0963 e. The Bertz CT molecular complexity index is 262. The van der Waals surface area contributed by atoms with Crippen molar-refractivity contribution in [3.05, 3.63) is 0 Å². The Labute approximate surface area is 111 Å². The van der Waals surface area contributed by atoms with Crippen LogP contribution >= 0.6 is 0 Å². The summed E-state index contributed by atoms with van der Waals surface area (Å²) in [5, 5.41) is 16.5. The molecule has 0 spiro atoms. The zero-order valence-corrected chi connectivity index (χ0v) is 11.9. The minimum Gasteiger partial charge on any atom is -0.396 e. The van der Waals surface area contributed by atoms with Gasteiger partial charge in [0.25, 0.3) is 0 Å². The van der Waals surface area contributed by atoms with Crippen LogP contribution in [-0.2, 0) is 0 Å². The molecule has 1 fully saturated rings. The van der Waals surface area contributed by atoms with Crippen LogP contribution in [0.1, 0.15) is 52.4 Å². The highest BCUT2D eigenvalue weighted by molar-refractivity contribution is 5.82. The minimum absolute atomic E-state index is 0.178. The molecule has 0 aliphatic heterocycles. The number of nitrogens with one attached hydrogen (secondary N) is 1. The predicted molar refractivity (Wildman–Crippen MR) is 75.8 cm³/mol. The zero-order valence-electron chi connectivity index (χ0n) is 11.9. The molecule has 1 aliphatic carbocycles. The molecule has 1 aliphatic rings. The topological polar surface area (TPSA) is 73.3 Å². The summed E-state index contributed by atoms with van der Waals surface area (Å²) in [6.07, 6.45) is 6.87. The maximum absolute atomic E-state index is 8.94. The lowest BCUT2D eigenvalue weighted by atomic mass is 9.86. The number of aliphatic hydroxyl groups excluding tert-OH is 1. The lowest BCUT2D eigenvalue weighted by Crippen LogP contribution is -2.42. The molecule has 4 N–H and O–H groups in total. The summed E-state index contributed by atoms with van der Waals surface area (Å²) in [4.78, 5) is 2.51. The Kier molecular flexibility index (Phi) is 6.09. The van der Waals surface area contributed by atoms with Crippen LogP contribution in [0.25, 0.3) is 0 Å². The third-order valence-corrected chi connectivity index (χ3v) is 4.17. The first-order valence-electron chi connectivity index (χ1n) is 7.17. The number of amidine groups is 1. The van der Waals surface area contributed by atoms with E-state index in [0.29, 0.717) is 0 Å². The van der Waals surface area contributed by atoms with E-state index in [9.17, 15) is 0 Å². The van der Waals surface area contributed by atoms with Crippen molar-refractivity contribution in [3.63, 3.8) is 0 Å². The Morgan fingerprint density at radius 1 is 1.33 bits per heavy atom. The highest BCUT2D eigenvalue weighted by Crippen LogP contribution is 2.27. The molecule has 0 radical (unpaired) electrons. The van der Waals surface area contributed by atoms with Crippen LogP contribution in [0.3, 0.4) is 0 Å². The summed E-state index contributed by atoms with van der Waals surface area (Å²) in [6.45, 7) is 6.43. The van der Waals surface area contributed by atoms with E-state index in [0.717, 1.165) is 38.4 Å². The van der Waals surface area contributed by atoms with Gasteiger partial charge in [0.1, 0.15) is 0 Å². The predicted octanol–water partition coefficient (Wildman–Crippen LogP) is 1.97. The third-order valence-electron chi connectivity index (χ3n) is 4.17. The summed E-state index contributed by atoms with van der Waals surface area (Å²) in [5.74, 6) is 0.285. The van der Waals surface area contributed by atoms with Crippen molar-refractivity contribution in [2.75, 3.05) is 19.7 Å². The van der Waals surface area contributed by atoms with Crippen molar-refractivity contribution in [1.82, 2.24) is 4.90 Å². The minimum atomic E-state index is -0.178. The maximum Gasteiger partial charge on any atom is 0.0963 e. The molecular formula is C14H29N3O. The summed E-state index contributed by atoms with van der Waals surface area (Å²) in [7, 11) is 0. The molecule has 1 saturated carbocycles. The lowest BCUT2D eigenvalue weighted by Gasteiger charge is -2.38. The van der Waals surface area contributed by atoms with Crippen LogP contribution in [0.4, 0.5) is 0 Å². The van der Waals surface area contributed by atoms with Gasteiger partial charge in [-0.2, -0.15) is 0 Å². The average Bonchev–Trinajstić information content (AvgIpc) is 2.22. The Morgan fingerprint density at radius 2 is 1.94 bits per heavy atom. The van der Waals surface area contributed by atoms with Gasteiger partial charge in [0.05, 0.1) is 5.84 Å². The van der Waals surface area contributed by atoms with Gasteiger partial charge >= 0.3 is 0 Å². The first-order chi connectivity index (χ1) is 8.47. The molecule has 106 valence electrons. The van der Waals surface area contributed by atoms with Crippen LogP contribution in [0.5, 0.6) is 0 Å². The van der Waals surface area contributed by atoms with Crippen LogP contribution in [0.2, 0.25) is 0 Å². The molecule has 4 heteroatoms. The van der Waals surface area contributed by atoms with Gasteiger partial charge in [0.15, 0.2) is 0 Å². The molecular weight excluding hydrogens is 226 g/mol. The van der Waals surface area contributed by atoms with E-state index < -0.39 is 0 Å². The molecule has 4 nitrogen and oxygen atoms in total. The molecule has 0 aromatic heterocycles. The van der Waals surface area contributed by atoms with Gasteiger partial charge in [0.2, 0.25) is 0 Å². The fraction of sp³-hybridized carbons (Fsp3) is 0.929. The quantitative estimate of drug-likeness (QED) is 0.435. The number of nitrogens with two attached hydrogens (primary N) is 1. The summed E-state index contributed by atoms with van der Waals surface area (Å²) in [6, 6.07) is 0.733. The number of aliphatic hydroxyl groups is 1. The zero-order chi connectivity index (χ0) is 13.6. The van der Waals surface area contributed by atoms with E-state index in [-0.39, 0.29) is 17.9 Å². The fourth-order valence-electron chi connectivity index (χ4n) is 2.36. The van der Waals surface area contributed by atoms with Crippen molar-refractivity contribution in [2.45, 2.75) is 58.4 Å². The number of hydrogen-bond donors (Lipinski definition) is 3. The van der Waals surface area contributed by atoms with Crippen LogP contribution in [-0.4, -0.2) is 41.6 Å². The van der Waals surface area contributed by atoms with E-state index in [1.165, 1.54) is 19.3 Å². The molecule has 18 heavy (non-hydrogen) atoms. The monoisotopic (exact) mass is 255 g/mol. The van der Waals surface area contributed by atoms with Gasteiger partial charge in [-0.05, 0) is 38.6 Å². The van der Waals surface area contributed by atoms with Crippen LogP contribution in [0.15, 0.2) is 0 Å². The van der Waals surface area contributed by atoms with E-state index in [1.54, 1.807) is 0 Å². The first kappa shape index (κ1) is 15.4. The molecule has 0 unspecified atom stereocenters. The largest absolute Gasteiger partial charge is 0.396 e. The van der Waals surface area contributed by atoms with E-state index >= 15 is 0 Å². The number of rotatable bonds is 9. The fourth-order valence-corrected chi connectivity index (χ4v) is 2.36. The van der Waals surface area contributed by atoms with Crippen LogP contribution < -0.4 is 5.73 Å². The Hall–Kier alpha value is -0.610. The average molecular weight is 255 g/mol. The molecule has 0 aromatic rings. The van der Waals surface area contributed by atoms with E-state index in [4.69, 9.17) is 16.2 Å². The van der Waals surface area contributed by atoms with Gasteiger partial charge in [-0.25, -0.2) is 0 Å². The summed E-state index contributed by atoms with van der Waals surface area (Å²) < 4.78 is 0. The molecule has 0 bridgehead atoms. The van der Waals surface area contributed by atoms with Crippen molar-refractivity contribution >= 4 is 5.84 Å². The maximum atomic E-state index is 8.94. The van der Waals surface area contributed by atoms with Crippen molar-refractivity contribution in [2.24, 2.45) is 11.1 Å².